The van der Waals surface area contributed by atoms with E-state index in [1.807, 2.05) is 12.1 Å². The molecule has 2 heterocycles. The van der Waals surface area contributed by atoms with Gasteiger partial charge in [0.25, 0.3) is 5.91 Å². The third-order valence-corrected chi connectivity index (χ3v) is 6.23. The molecule has 1 aromatic rings. The average molecular weight is 422 g/mol. The van der Waals surface area contributed by atoms with Crippen LogP contribution in [0.1, 0.15) is 43.6 Å². The summed E-state index contributed by atoms with van der Waals surface area (Å²) in [5.74, 6) is -1.69. The van der Waals surface area contributed by atoms with Gasteiger partial charge in [0.15, 0.2) is 6.04 Å². The molecule has 29 heavy (non-hydrogen) atoms. The van der Waals surface area contributed by atoms with Gasteiger partial charge in [0.2, 0.25) is 5.91 Å². The maximum absolute atomic E-state index is 12.8. The Morgan fingerprint density at radius 2 is 1.86 bits per heavy atom. The molecule has 0 spiro atoms. The van der Waals surface area contributed by atoms with E-state index in [-0.39, 0.29) is 30.2 Å². The summed E-state index contributed by atoms with van der Waals surface area (Å²) in [6.45, 7) is 2.20. The number of benzene rings is 1. The number of hydrogen-bond donors (Lipinski definition) is 2. The van der Waals surface area contributed by atoms with Crippen LogP contribution in [0.3, 0.4) is 0 Å². The Balaban J connectivity index is 1.61. The van der Waals surface area contributed by atoms with Crippen molar-refractivity contribution in [2.24, 2.45) is 5.92 Å². The molecule has 0 unspecified atom stereocenters. The SMILES string of the molecule is O=C([O-])C1CCN(C(=O)C[C@@H](CNC(=O)[C@@H]2CCC[NH2+]2)c2ccc(Cl)cc2)CC1. The van der Waals surface area contributed by atoms with E-state index < -0.39 is 11.9 Å². The van der Waals surface area contributed by atoms with Crippen LogP contribution in [-0.4, -0.2) is 54.9 Å². The number of halogens is 1. The van der Waals surface area contributed by atoms with E-state index in [1.54, 1.807) is 17.0 Å². The first-order chi connectivity index (χ1) is 13.9. The molecule has 0 saturated carbocycles. The molecule has 2 aliphatic heterocycles. The van der Waals surface area contributed by atoms with E-state index in [2.05, 4.69) is 10.6 Å². The number of aliphatic carboxylic acids is 1. The van der Waals surface area contributed by atoms with E-state index in [1.165, 1.54) is 0 Å². The van der Waals surface area contributed by atoms with Crippen molar-refractivity contribution in [2.45, 2.75) is 44.1 Å². The summed E-state index contributed by atoms with van der Waals surface area (Å²) in [5, 5.41) is 16.7. The molecule has 3 N–H and O–H groups in total. The van der Waals surface area contributed by atoms with E-state index >= 15 is 0 Å². The number of carboxylic acid groups (broad SMARTS) is 1. The monoisotopic (exact) mass is 421 g/mol. The Labute approximate surface area is 175 Å². The van der Waals surface area contributed by atoms with Crippen LogP contribution in [-0.2, 0) is 14.4 Å². The lowest BCUT2D eigenvalue weighted by Gasteiger charge is -2.33. The molecule has 1 aromatic carbocycles. The average Bonchev–Trinajstić information content (AvgIpc) is 3.26. The zero-order chi connectivity index (χ0) is 20.8. The molecule has 2 amide bonds. The molecule has 7 nitrogen and oxygen atoms in total. The number of nitrogens with one attached hydrogen (secondary N) is 1. The van der Waals surface area contributed by atoms with E-state index in [4.69, 9.17) is 11.6 Å². The zero-order valence-electron chi connectivity index (χ0n) is 16.4. The Morgan fingerprint density at radius 1 is 1.17 bits per heavy atom. The second-order valence-corrected chi connectivity index (χ2v) is 8.38. The van der Waals surface area contributed by atoms with Crippen molar-refractivity contribution in [2.75, 3.05) is 26.2 Å². The second-order valence-electron chi connectivity index (χ2n) is 7.94. The number of carbonyl (C=O) groups excluding carboxylic acids is 3. The van der Waals surface area contributed by atoms with Gasteiger partial charge in [-0.25, -0.2) is 0 Å². The highest BCUT2D eigenvalue weighted by atomic mass is 35.5. The third kappa shape index (κ3) is 5.93. The van der Waals surface area contributed by atoms with Crippen molar-refractivity contribution >= 4 is 29.4 Å². The number of amides is 2. The Morgan fingerprint density at radius 3 is 2.45 bits per heavy atom. The molecule has 8 heteroatoms. The molecule has 0 radical (unpaired) electrons. The van der Waals surface area contributed by atoms with Crippen molar-refractivity contribution in [3.63, 3.8) is 0 Å². The Kier molecular flexibility index (Phi) is 7.50. The van der Waals surface area contributed by atoms with Crippen molar-refractivity contribution in [1.82, 2.24) is 10.2 Å². The molecule has 0 bridgehead atoms. The van der Waals surface area contributed by atoms with Crippen molar-refractivity contribution in [3.05, 3.63) is 34.9 Å². The van der Waals surface area contributed by atoms with Crippen LogP contribution < -0.4 is 15.7 Å². The zero-order valence-corrected chi connectivity index (χ0v) is 17.2. The van der Waals surface area contributed by atoms with Crippen LogP contribution in [0.4, 0.5) is 0 Å². The Hall–Kier alpha value is -2.12. The fraction of sp³-hybridized carbons (Fsp3) is 0.571. The molecule has 2 atom stereocenters. The van der Waals surface area contributed by atoms with Crippen LogP contribution in [0.2, 0.25) is 5.02 Å². The normalized spacial score (nSPS) is 21.0. The van der Waals surface area contributed by atoms with Gasteiger partial charge in [-0.3, -0.25) is 9.59 Å². The molecule has 2 saturated heterocycles. The predicted octanol–water partition coefficient (Wildman–Crippen LogP) is -0.356. The van der Waals surface area contributed by atoms with Gasteiger partial charge in [-0.15, -0.1) is 0 Å². The smallest absolute Gasteiger partial charge is 0.278 e. The van der Waals surface area contributed by atoms with Crippen LogP contribution in [0, 0.1) is 5.92 Å². The summed E-state index contributed by atoms with van der Waals surface area (Å²) in [7, 11) is 0. The predicted molar refractivity (Wildman–Crippen MR) is 106 cm³/mol. The minimum Gasteiger partial charge on any atom is -0.550 e. The number of hydrogen-bond acceptors (Lipinski definition) is 4. The number of nitrogens with zero attached hydrogens (tertiary/aromatic N) is 1. The van der Waals surface area contributed by atoms with E-state index in [9.17, 15) is 19.5 Å². The minimum absolute atomic E-state index is 0.0173. The van der Waals surface area contributed by atoms with Gasteiger partial charge in [-0.05, 0) is 30.5 Å². The summed E-state index contributed by atoms with van der Waals surface area (Å²) < 4.78 is 0. The minimum atomic E-state index is -1.04. The van der Waals surface area contributed by atoms with Crippen molar-refractivity contribution in [3.8, 4) is 0 Å². The summed E-state index contributed by atoms with van der Waals surface area (Å²) in [4.78, 5) is 38.0. The Bertz CT molecular complexity index is 726. The van der Waals surface area contributed by atoms with E-state index in [0.717, 1.165) is 24.9 Å². The molecule has 2 fully saturated rings. The molecule has 158 valence electrons. The van der Waals surface area contributed by atoms with Crippen LogP contribution in [0.5, 0.6) is 0 Å². The van der Waals surface area contributed by atoms with Gasteiger partial charge in [-0.2, -0.15) is 0 Å². The lowest BCUT2D eigenvalue weighted by atomic mass is 9.93. The lowest BCUT2D eigenvalue weighted by Crippen LogP contribution is -2.89. The van der Waals surface area contributed by atoms with Gasteiger partial charge < -0.3 is 25.4 Å². The van der Waals surface area contributed by atoms with Crippen molar-refractivity contribution in [1.29, 1.82) is 0 Å². The van der Waals surface area contributed by atoms with Crippen LogP contribution in [0.25, 0.3) is 0 Å². The number of likely N-dealkylation sites (tertiary alicyclic amines) is 1. The largest absolute Gasteiger partial charge is 0.550 e. The third-order valence-electron chi connectivity index (χ3n) is 5.97. The number of rotatable bonds is 7. The highest BCUT2D eigenvalue weighted by Gasteiger charge is 2.29. The summed E-state index contributed by atoms with van der Waals surface area (Å²) >= 11 is 5.99. The summed E-state index contributed by atoms with van der Waals surface area (Å²) in [5.41, 5.74) is 0.947. The topological polar surface area (TPSA) is 106 Å². The number of carboxylic acids is 1. The standard InChI is InChI=1S/C21H28ClN3O4/c22-17-5-3-14(4-6-17)16(13-24-20(27)18-2-1-9-23-18)12-19(26)25-10-7-15(8-11-25)21(28)29/h3-6,15-16,18,23H,1-2,7-13H2,(H,24,27)(H,28,29)/t16-,18-/m0/s1. The van der Waals surface area contributed by atoms with Crippen LogP contribution >= 0.6 is 11.6 Å². The highest BCUT2D eigenvalue weighted by molar-refractivity contribution is 6.30. The molecule has 3 rings (SSSR count). The fourth-order valence-corrected chi connectivity index (χ4v) is 4.24. The number of carbonyl (C=O) groups is 3. The quantitative estimate of drug-likeness (QED) is 0.627. The maximum atomic E-state index is 12.8. The fourth-order valence-electron chi connectivity index (χ4n) is 4.11. The van der Waals surface area contributed by atoms with Gasteiger partial charge >= 0.3 is 0 Å². The maximum Gasteiger partial charge on any atom is 0.278 e. The number of piperidine rings is 1. The first-order valence-corrected chi connectivity index (χ1v) is 10.7. The number of nitrogens with two attached hydrogens (primary N) is 1. The number of quaternary nitrogens is 1. The highest BCUT2D eigenvalue weighted by Crippen LogP contribution is 2.24. The first kappa shape index (κ1) is 21.6. The second kappa shape index (κ2) is 10.1. The van der Waals surface area contributed by atoms with Gasteiger partial charge in [0.1, 0.15) is 0 Å². The molecular weight excluding hydrogens is 394 g/mol. The molecule has 0 aromatic heterocycles. The van der Waals surface area contributed by atoms with E-state index in [0.29, 0.717) is 37.5 Å². The van der Waals surface area contributed by atoms with Gasteiger partial charge in [-0.1, -0.05) is 23.7 Å². The van der Waals surface area contributed by atoms with Gasteiger partial charge in [0, 0.05) is 61.7 Å². The van der Waals surface area contributed by atoms with Crippen molar-refractivity contribution < 1.29 is 24.8 Å². The summed E-state index contributed by atoms with van der Waals surface area (Å²) in [6.07, 6.45) is 3.02. The lowest BCUT2D eigenvalue weighted by molar-refractivity contribution is -0.657. The summed E-state index contributed by atoms with van der Waals surface area (Å²) in [6, 6.07) is 7.30. The molecule has 2 aliphatic rings. The van der Waals surface area contributed by atoms with Gasteiger partial charge in [0.05, 0.1) is 6.54 Å². The molecular formula is C21H28ClN3O4. The first-order valence-electron chi connectivity index (χ1n) is 10.3. The molecule has 0 aliphatic carbocycles. The van der Waals surface area contributed by atoms with Crippen LogP contribution in [0.15, 0.2) is 24.3 Å².